The molecule has 1 aromatic rings. The van der Waals surface area contributed by atoms with Crippen molar-refractivity contribution in [2.75, 3.05) is 18.1 Å². The maximum absolute atomic E-state index is 12.0. The molecule has 2 heterocycles. The lowest BCUT2D eigenvalue weighted by atomic mass is 10.0. The van der Waals surface area contributed by atoms with E-state index in [9.17, 15) is 4.79 Å². The summed E-state index contributed by atoms with van der Waals surface area (Å²) in [6.07, 6.45) is 7.18. The van der Waals surface area contributed by atoms with Crippen LogP contribution in [0.15, 0.2) is 18.5 Å². The predicted octanol–water partition coefficient (Wildman–Crippen LogP) is 2.13. The highest BCUT2D eigenvalue weighted by atomic mass is 32.2. The average Bonchev–Trinajstić information content (AvgIpc) is 2.49. The highest BCUT2D eigenvalue weighted by Crippen LogP contribution is 2.18. The van der Waals surface area contributed by atoms with Gasteiger partial charge in [-0.1, -0.05) is 0 Å². The van der Waals surface area contributed by atoms with Crippen molar-refractivity contribution in [3.63, 3.8) is 0 Å². The molecule has 0 spiro atoms. The molecular formula is C15H23N3O2S. The average molecular weight is 309 g/mol. The van der Waals surface area contributed by atoms with Crippen molar-refractivity contribution < 1.29 is 9.53 Å². The Morgan fingerprint density at radius 3 is 2.86 bits per heavy atom. The molecule has 0 bridgehead atoms. The first-order valence-electron chi connectivity index (χ1n) is 7.36. The summed E-state index contributed by atoms with van der Waals surface area (Å²) in [6.45, 7) is 4.68. The molecule has 1 aromatic heterocycles. The first-order chi connectivity index (χ1) is 10.1. The minimum absolute atomic E-state index is 0.00765. The first kappa shape index (κ1) is 16.2. The second-order valence-corrected chi connectivity index (χ2v) is 6.78. The van der Waals surface area contributed by atoms with E-state index in [1.807, 2.05) is 13.8 Å². The molecule has 1 aliphatic rings. The van der Waals surface area contributed by atoms with Gasteiger partial charge in [0.1, 0.15) is 0 Å². The van der Waals surface area contributed by atoms with E-state index in [2.05, 4.69) is 15.3 Å². The standard InChI is InChI=1S/C15H23N3O2S/c1-15(2,14-16-7-5-8-17-14)18-13(19)11-21-10-12-6-3-4-9-20-12/h5,7-8,12H,3-4,6,9-11H2,1-2H3,(H,18,19). The lowest BCUT2D eigenvalue weighted by molar-refractivity contribution is -0.120. The number of ether oxygens (including phenoxy) is 1. The Kier molecular flexibility index (Phi) is 5.99. The van der Waals surface area contributed by atoms with Gasteiger partial charge in [0.25, 0.3) is 0 Å². The molecule has 5 nitrogen and oxygen atoms in total. The Bertz CT molecular complexity index is 447. The van der Waals surface area contributed by atoms with Gasteiger partial charge in [-0.15, -0.1) is 11.8 Å². The minimum atomic E-state index is -0.555. The van der Waals surface area contributed by atoms with Gasteiger partial charge >= 0.3 is 0 Å². The number of amides is 1. The number of carbonyl (C=O) groups excluding carboxylic acids is 1. The third-order valence-electron chi connectivity index (χ3n) is 3.39. The van der Waals surface area contributed by atoms with Crippen LogP contribution in [-0.2, 0) is 15.1 Å². The van der Waals surface area contributed by atoms with Gasteiger partial charge < -0.3 is 10.1 Å². The fraction of sp³-hybridized carbons (Fsp3) is 0.667. The van der Waals surface area contributed by atoms with E-state index in [1.54, 1.807) is 30.2 Å². The molecule has 1 N–H and O–H groups in total. The SMILES string of the molecule is CC(C)(NC(=O)CSCC1CCCCO1)c1ncccn1. The van der Waals surface area contributed by atoms with Gasteiger partial charge in [-0.2, -0.15) is 0 Å². The molecule has 0 radical (unpaired) electrons. The maximum atomic E-state index is 12.0. The van der Waals surface area contributed by atoms with Crippen LogP contribution in [0.3, 0.4) is 0 Å². The zero-order valence-corrected chi connectivity index (χ0v) is 13.5. The number of hydrogen-bond donors (Lipinski definition) is 1. The Morgan fingerprint density at radius 2 is 2.19 bits per heavy atom. The second kappa shape index (κ2) is 7.75. The second-order valence-electron chi connectivity index (χ2n) is 5.75. The van der Waals surface area contributed by atoms with Gasteiger partial charge in [0, 0.05) is 24.8 Å². The number of rotatable bonds is 6. The number of hydrogen-bond acceptors (Lipinski definition) is 5. The number of nitrogens with one attached hydrogen (secondary N) is 1. The van der Waals surface area contributed by atoms with Gasteiger partial charge in [0.05, 0.1) is 17.4 Å². The predicted molar refractivity (Wildman–Crippen MR) is 84.1 cm³/mol. The molecule has 116 valence electrons. The van der Waals surface area contributed by atoms with Gasteiger partial charge in [0.2, 0.25) is 5.91 Å². The maximum Gasteiger partial charge on any atom is 0.230 e. The number of thioether (sulfide) groups is 1. The largest absolute Gasteiger partial charge is 0.377 e. The molecule has 0 aromatic carbocycles. The molecule has 0 aliphatic carbocycles. The van der Waals surface area contributed by atoms with Gasteiger partial charge in [-0.25, -0.2) is 9.97 Å². The highest BCUT2D eigenvalue weighted by molar-refractivity contribution is 7.99. The molecule has 1 amide bonds. The summed E-state index contributed by atoms with van der Waals surface area (Å²) in [5.74, 6) is 1.96. The summed E-state index contributed by atoms with van der Waals surface area (Å²) >= 11 is 1.63. The van der Waals surface area contributed by atoms with E-state index in [0.717, 1.165) is 25.2 Å². The van der Waals surface area contributed by atoms with Crippen LogP contribution in [-0.4, -0.2) is 40.1 Å². The summed E-state index contributed by atoms with van der Waals surface area (Å²) in [6, 6.07) is 1.77. The molecule has 1 unspecified atom stereocenters. The first-order valence-corrected chi connectivity index (χ1v) is 8.51. The van der Waals surface area contributed by atoms with Crippen LogP contribution in [0.5, 0.6) is 0 Å². The lowest BCUT2D eigenvalue weighted by Gasteiger charge is -2.25. The Balaban J connectivity index is 1.73. The molecule has 1 fully saturated rings. The lowest BCUT2D eigenvalue weighted by Crippen LogP contribution is -2.43. The zero-order chi connectivity index (χ0) is 15.1. The smallest absolute Gasteiger partial charge is 0.230 e. The van der Waals surface area contributed by atoms with Crippen molar-refractivity contribution in [2.24, 2.45) is 0 Å². The van der Waals surface area contributed by atoms with E-state index in [-0.39, 0.29) is 5.91 Å². The van der Waals surface area contributed by atoms with Crippen molar-refractivity contribution in [3.8, 4) is 0 Å². The molecule has 6 heteroatoms. The monoisotopic (exact) mass is 309 g/mol. The van der Waals surface area contributed by atoms with E-state index in [1.165, 1.54) is 6.42 Å². The quantitative estimate of drug-likeness (QED) is 0.872. The van der Waals surface area contributed by atoms with Crippen LogP contribution in [0, 0.1) is 0 Å². The van der Waals surface area contributed by atoms with Crippen molar-refractivity contribution in [3.05, 3.63) is 24.3 Å². The summed E-state index contributed by atoms with van der Waals surface area (Å²) in [7, 11) is 0. The van der Waals surface area contributed by atoms with Crippen LogP contribution in [0.2, 0.25) is 0 Å². The molecule has 0 saturated carbocycles. The van der Waals surface area contributed by atoms with E-state index in [0.29, 0.717) is 17.7 Å². The summed E-state index contributed by atoms with van der Waals surface area (Å²) < 4.78 is 5.66. The van der Waals surface area contributed by atoms with Crippen molar-refractivity contribution in [1.82, 2.24) is 15.3 Å². The summed E-state index contributed by atoms with van der Waals surface area (Å²) in [5.41, 5.74) is -0.555. The van der Waals surface area contributed by atoms with Crippen LogP contribution < -0.4 is 5.32 Å². The third-order valence-corrected chi connectivity index (χ3v) is 4.46. The zero-order valence-electron chi connectivity index (χ0n) is 12.7. The van der Waals surface area contributed by atoms with E-state index >= 15 is 0 Å². The Hall–Kier alpha value is -1.14. The van der Waals surface area contributed by atoms with E-state index < -0.39 is 5.54 Å². The fourth-order valence-corrected chi connectivity index (χ4v) is 3.19. The Labute approximate surface area is 130 Å². The molecule has 1 atom stereocenters. The third kappa shape index (κ3) is 5.28. The van der Waals surface area contributed by atoms with Gasteiger partial charge in [-0.3, -0.25) is 4.79 Å². The summed E-state index contributed by atoms with van der Waals surface area (Å²) in [4.78, 5) is 20.5. The Morgan fingerprint density at radius 1 is 1.43 bits per heavy atom. The van der Waals surface area contributed by atoms with Crippen LogP contribution in [0.1, 0.15) is 38.9 Å². The minimum Gasteiger partial charge on any atom is -0.377 e. The fourth-order valence-electron chi connectivity index (χ4n) is 2.28. The highest BCUT2D eigenvalue weighted by Gasteiger charge is 2.25. The summed E-state index contributed by atoms with van der Waals surface area (Å²) in [5, 5.41) is 2.98. The molecule has 1 saturated heterocycles. The van der Waals surface area contributed by atoms with Gasteiger partial charge in [0.15, 0.2) is 5.82 Å². The normalized spacial score (nSPS) is 19.2. The van der Waals surface area contributed by atoms with Crippen LogP contribution in [0.4, 0.5) is 0 Å². The van der Waals surface area contributed by atoms with Gasteiger partial charge in [-0.05, 0) is 39.2 Å². The number of aromatic nitrogens is 2. The van der Waals surface area contributed by atoms with E-state index in [4.69, 9.17) is 4.74 Å². The molecule has 21 heavy (non-hydrogen) atoms. The molecular weight excluding hydrogens is 286 g/mol. The van der Waals surface area contributed by atoms with Crippen LogP contribution in [0.25, 0.3) is 0 Å². The van der Waals surface area contributed by atoms with Crippen molar-refractivity contribution >= 4 is 17.7 Å². The van der Waals surface area contributed by atoms with Crippen molar-refractivity contribution in [2.45, 2.75) is 44.8 Å². The topological polar surface area (TPSA) is 64.1 Å². The molecule has 1 aliphatic heterocycles. The molecule has 2 rings (SSSR count). The number of carbonyl (C=O) groups is 1. The van der Waals surface area contributed by atoms with Crippen molar-refractivity contribution in [1.29, 1.82) is 0 Å². The number of nitrogens with zero attached hydrogens (tertiary/aromatic N) is 2. The van der Waals surface area contributed by atoms with Crippen LogP contribution >= 0.6 is 11.8 Å².